The molecule has 0 aromatic heterocycles. The van der Waals surface area contributed by atoms with Crippen LogP contribution in [0.1, 0.15) is 36.5 Å². The van der Waals surface area contributed by atoms with Gasteiger partial charge in [0.05, 0.1) is 25.4 Å². The first kappa shape index (κ1) is 16.0. The molecule has 3 rings (SSSR count). The van der Waals surface area contributed by atoms with Gasteiger partial charge in [0.2, 0.25) is 5.91 Å². The summed E-state index contributed by atoms with van der Waals surface area (Å²) in [7, 11) is 0. The lowest BCUT2D eigenvalue weighted by molar-refractivity contribution is -0.157. The maximum Gasteiger partial charge on any atom is 0.251 e. The standard InChI is InChI=1S/C17H22N2O4/c1-11(20)18-13-4-2-12(3-5-13)17(21)19-14-6-7-15-16(10-14)23-9-8-22-15/h2-5,14-16H,6-10H2,1H3,(H,18,20)(H,19,21). The zero-order valence-electron chi connectivity index (χ0n) is 13.2. The summed E-state index contributed by atoms with van der Waals surface area (Å²) >= 11 is 0. The Morgan fingerprint density at radius 1 is 1.04 bits per heavy atom. The van der Waals surface area contributed by atoms with Gasteiger partial charge < -0.3 is 20.1 Å². The van der Waals surface area contributed by atoms with E-state index in [1.165, 1.54) is 6.92 Å². The van der Waals surface area contributed by atoms with Crippen LogP contribution >= 0.6 is 0 Å². The van der Waals surface area contributed by atoms with Crippen molar-refractivity contribution in [1.29, 1.82) is 0 Å². The number of carbonyl (C=O) groups is 2. The number of benzene rings is 1. The van der Waals surface area contributed by atoms with E-state index in [2.05, 4.69) is 10.6 Å². The molecule has 1 saturated carbocycles. The highest BCUT2D eigenvalue weighted by atomic mass is 16.6. The third kappa shape index (κ3) is 4.09. The van der Waals surface area contributed by atoms with E-state index in [9.17, 15) is 9.59 Å². The number of carbonyl (C=O) groups excluding carboxylic acids is 2. The van der Waals surface area contributed by atoms with Crippen molar-refractivity contribution in [2.45, 2.75) is 44.4 Å². The van der Waals surface area contributed by atoms with Gasteiger partial charge in [0.1, 0.15) is 0 Å². The first-order valence-electron chi connectivity index (χ1n) is 8.03. The van der Waals surface area contributed by atoms with E-state index in [1.54, 1.807) is 24.3 Å². The summed E-state index contributed by atoms with van der Waals surface area (Å²) in [6.45, 7) is 2.75. The second-order valence-electron chi connectivity index (χ2n) is 6.06. The van der Waals surface area contributed by atoms with Crippen LogP contribution in [-0.4, -0.2) is 43.3 Å². The van der Waals surface area contributed by atoms with Gasteiger partial charge in [0.25, 0.3) is 5.91 Å². The molecule has 2 amide bonds. The van der Waals surface area contributed by atoms with Crippen LogP contribution in [0.5, 0.6) is 0 Å². The number of fused-ring (bicyclic) bond motifs is 1. The van der Waals surface area contributed by atoms with Crippen molar-refractivity contribution in [3.8, 4) is 0 Å². The van der Waals surface area contributed by atoms with Crippen LogP contribution in [-0.2, 0) is 14.3 Å². The molecular formula is C17H22N2O4. The molecule has 3 atom stereocenters. The van der Waals surface area contributed by atoms with E-state index in [1.807, 2.05) is 0 Å². The largest absolute Gasteiger partial charge is 0.373 e. The molecule has 2 fully saturated rings. The van der Waals surface area contributed by atoms with E-state index < -0.39 is 0 Å². The summed E-state index contributed by atoms with van der Waals surface area (Å²) in [5.74, 6) is -0.229. The summed E-state index contributed by atoms with van der Waals surface area (Å²) in [4.78, 5) is 23.3. The fraction of sp³-hybridized carbons (Fsp3) is 0.529. The smallest absolute Gasteiger partial charge is 0.251 e. The normalized spacial score (nSPS) is 26.9. The van der Waals surface area contributed by atoms with E-state index in [4.69, 9.17) is 9.47 Å². The quantitative estimate of drug-likeness (QED) is 0.889. The van der Waals surface area contributed by atoms with Crippen LogP contribution in [0.15, 0.2) is 24.3 Å². The molecule has 1 aliphatic carbocycles. The van der Waals surface area contributed by atoms with Gasteiger partial charge in [-0.25, -0.2) is 0 Å². The van der Waals surface area contributed by atoms with Crippen molar-refractivity contribution < 1.29 is 19.1 Å². The minimum Gasteiger partial charge on any atom is -0.373 e. The fourth-order valence-electron chi connectivity index (χ4n) is 3.17. The Morgan fingerprint density at radius 2 is 1.74 bits per heavy atom. The molecule has 1 aliphatic heterocycles. The average Bonchev–Trinajstić information content (AvgIpc) is 2.55. The van der Waals surface area contributed by atoms with Gasteiger partial charge in [0, 0.05) is 24.2 Å². The maximum atomic E-state index is 12.3. The molecule has 3 unspecified atom stereocenters. The Labute approximate surface area is 135 Å². The van der Waals surface area contributed by atoms with Crippen LogP contribution in [0.3, 0.4) is 0 Å². The van der Waals surface area contributed by atoms with Crippen LogP contribution in [0.25, 0.3) is 0 Å². The molecule has 2 aliphatic rings. The highest BCUT2D eigenvalue weighted by Gasteiger charge is 2.34. The zero-order valence-corrected chi connectivity index (χ0v) is 13.2. The summed E-state index contributed by atoms with van der Waals surface area (Å²) in [6.07, 6.45) is 2.87. The van der Waals surface area contributed by atoms with Gasteiger partial charge in [-0.05, 0) is 43.5 Å². The lowest BCUT2D eigenvalue weighted by Crippen LogP contribution is -2.49. The lowest BCUT2D eigenvalue weighted by Gasteiger charge is -2.39. The fourth-order valence-corrected chi connectivity index (χ4v) is 3.17. The van der Waals surface area contributed by atoms with Crippen molar-refractivity contribution in [3.63, 3.8) is 0 Å². The number of ether oxygens (including phenoxy) is 2. The molecule has 1 aromatic carbocycles. The van der Waals surface area contributed by atoms with Crippen LogP contribution in [0.4, 0.5) is 5.69 Å². The molecule has 0 radical (unpaired) electrons. The Morgan fingerprint density at radius 3 is 2.43 bits per heavy atom. The molecule has 6 nitrogen and oxygen atoms in total. The summed E-state index contributed by atoms with van der Waals surface area (Å²) in [5, 5.41) is 5.75. The molecule has 0 spiro atoms. The topological polar surface area (TPSA) is 76.7 Å². The number of nitrogens with one attached hydrogen (secondary N) is 2. The van der Waals surface area contributed by atoms with Gasteiger partial charge in [0.15, 0.2) is 0 Å². The lowest BCUT2D eigenvalue weighted by atomic mass is 9.89. The highest BCUT2D eigenvalue weighted by molar-refractivity contribution is 5.95. The Balaban J connectivity index is 1.55. The average molecular weight is 318 g/mol. The first-order valence-corrected chi connectivity index (χ1v) is 8.03. The molecule has 124 valence electrons. The second-order valence-corrected chi connectivity index (χ2v) is 6.06. The van der Waals surface area contributed by atoms with Gasteiger partial charge in [-0.1, -0.05) is 0 Å². The SMILES string of the molecule is CC(=O)Nc1ccc(C(=O)NC2CCC3OCCOC3C2)cc1. The van der Waals surface area contributed by atoms with Gasteiger partial charge in [-0.15, -0.1) is 0 Å². The van der Waals surface area contributed by atoms with Gasteiger partial charge in [-0.3, -0.25) is 9.59 Å². The summed E-state index contributed by atoms with van der Waals surface area (Å²) < 4.78 is 11.4. The summed E-state index contributed by atoms with van der Waals surface area (Å²) in [6, 6.07) is 7.00. The van der Waals surface area contributed by atoms with Crippen molar-refractivity contribution in [1.82, 2.24) is 5.32 Å². The third-order valence-corrected chi connectivity index (χ3v) is 4.28. The molecular weight excluding hydrogens is 296 g/mol. The summed E-state index contributed by atoms with van der Waals surface area (Å²) in [5.41, 5.74) is 1.27. The number of anilines is 1. The molecule has 1 aromatic rings. The minimum atomic E-state index is -0.131. The molecule has 6 heteroatoms. The van der Waals surface area contributed by atoms with Crippen LogP contribution in [0, 0.1) is 0 Å². The van der Waals surface area contributed by atoms with E-state index in [-0.39, 0.29) is 30.1 Å². The predicted octanol–water partition coefficient (Wildman–Crippen LogP) is 1.71. The predicted molar refractivity (Wildman–Crippen MR) is 85.3 cm³/mol. The number of hydrogen-bond donors (Lipinski definition) is 2. The molecule has 2 N–H and O–H groups in total. The number of amides is 2. The molecule has 1 heterocycles. The Bertz CT molecular complexity index is 572. The first-order chi connectivity index (χ1) is 11.1. The van der Waals surface area contributed by atoms with E-state index in [0.29, 0.717) is 24.5 Å². The second kappa shape index (κ2) is 7.10. The highest BCUT2D eigenvalue weighted by Crippen LogP contribution is 2.27. The van der Waals surface area contributed by atoms with Crippen molar-refractivity contribution >= 4 is 17.5 Å². The zero-order chi connectivity index (χ0) is 16.2. The minimum absolute atomic E-state index is 0.0879. The van der Waals surface area contributed by atoms with Gasteiger partial charge in [-0.2, -0.15) is 0 Å². The van der Waals surface area contributed by atoms with E-state index in [0.717, 1.165) is 19.3 Å². The third-order valence-electron chi connectivity index (χ3n) is 4.28. The van der Waals surface area contributed by atoms with Gasteiger partial charge >= 0.3 is 0 Å². The maximum absolute atomic E-state index is 12.3. The van der Waals surface area contributed by atoms with E-state index >= 15 is 0 Å². The molecule has 0 bridgehead atoms. The van der Waals surface area contributed by atoms with Crippen molar-refractivity contribution in [3.05, 3.63) is 29.8 Å². The Kier molecular flexibility index (Phi) is 4.93. The van der Waals surface area contributed by atoms with Crippen LogP contribution < -0.4 is 10.6 Å². The molecule has 1 saturated heterocycles. The van der Waals surface area contributed by atoms with Crippen LogP contribution in [0.2, 0.25) is 0 Å². The van der Waals surface area contributed by atoms with Crippen molar-refractivity contribution in [2.75, 3.05) is 18.5 Å². The number of hydrogen-bond acceptors (Lipinski definition) is 4. The molecule has 23 heavy (non-hydrogen) atoms. The Hall–Kier alpha value is -1.92. The number of rotatable bonds is 3. The monoisotopic (exact) mass is 318 g/mol. The van der Waals surface area contributed by atoms with Crippen molar-refractivity contribution in [2.24, 2.45) is 0 Å².